The normalized spacial score (nSPS) is 35.5. The summed E-state index contributed by atoms with van der Waals surface area (Å²) in [4.78, 5) is 5.01. The summed E-state index contributed by atoms with van der Waals surface area (Å²) < 4.78 is 0. The molecule has 2 N–H and O–H groups in total. The largest absolute Gasteiger partial charge is 0.394 e. The maximum absolute atomic E-state index is 9.56. The highest BCUT2D eigenvalue weighted by Gasteiger charge is 2.40. The summed E-state index contributed by atoms with van der Waals surface area (Å²) in [6.45, 7) is 2.71. The number of aliphatic hydroxyl groups is 1. The minimum Gasteiger partial charge on any atom is -0.394 e. The molecule has 1 aliphatic heterocycles. The van der Waals surface area contributed by atoms with E-state index in [1.165, 1.54) is 32.4 Å². The van der Waals surface area contributed by atoms with Crippen LogP contribution in [-0.2, 0) is 0 Å². The highest BCUT2D eigenvalue weighted by Crippen LogP contribution is 2.34. The molecule has 1 saturated heterocycles. The van der Waals surface area contributed by atoms with Crippen molar-refractivity contribution in [2.24, 2.45) is 0 Å². The van der Waals surface area contributed by atoms with Crippen molar-refractivity contribution < 1.29 is 5.11 Å². The molecule has 0 amide bonds. The first-order valence-electron chi connectivity index (χ1n) is 7.30. The molecule has 1 saturated carbocycles. The minimum absolute atomic E-state index is 0.0108. The van der Waals surface area contributed by atoms with Crippen LogP contribution in [0, 0.1) is 0 Å². The van der Waals surface area contributed by atoms with E-state index in [0.717, 1.165) is 18.9 Å². The Morgan fingerprint density at radius 2 is 1.94 bits per heavy atom. The smallest absolute Gasteiger partial charge is 0.0613 e. The molecule has 2 unspecified atom stereocenters. The first-order valence-corrected chi connectivity index (χ1v) is 7.30. The Kier molecular flexibility index (Phi) is 4.64. The van der Waals surface area contributed by atoms with Gasteiger partial charge in [-0.1, -0.05) is 0 Å². The van der Waals surface area contributed by atoms with Crippen LogP contribution in [-0.4, -0.2) is 73.4 Å². The minimum atomic E-state index is -0.0108. The Hall–Kier alpha value is -0.160. The third kappa shape index (κ3) is 2.87. The van der Waals surface area contributed by atoms with Gasteiger partial charge in [0.1, 0.15) is 0 Å². The number of hydrogen-bond acceptors (Lipinski definition) is 4. The van der Waals surface area contributed by atoms with E-state index in [1.807, 2.05) is 7.05 Å². The van der Waals surface area contributed by atoms with Gasteiger partial charge in [0, 0.05) is 17.6 Å². The van der Waals surface area contributed by atoms with Crippen LogP contribution in [0.5, 0.6) is 0 Å². The molecule has 1 aliphatic carbocycles. The highest BCUT2D eigenvalue weighted by molar-refractivity contribution is 4.99. The van der Waals surface area contributed by atoms with E-state index in [0.29, 0.717) is 6.04 Å². The Balaban J connectivity index is 1.84. The van der Waals surface area contributed by atoms with Crippen molar-refractivity contribution in [1.82, 2.24) is 15.1 Å². The molecule has 4 nitrogen and oxygen atoms in total. The van der Waals surface area contributed by atoms with Crippen molar-refractivity contribution in [1.29, 1.82) is 0 Å². The van der Waals surface area contributed by atoms with Crippen molar-refractivity contribution in [2.45, 2.75) is 49.7 Å². The van der Waals surface area contributed by atoms with E-state index >= 15 is 0 Å². The molecular formula is C14H29N3O. The second-order valence-corrected chi connectivity index (χ2v) is 6.32. The SMILES string of the molecule is CNC1(CO)CCC(N2CCC(N(C)C)CC2)C1. The number of nitrogens with zero attached hydrogens (tertiary/aromatic N) is 2. The summed E-state index contributed by atoms with van der Waals surface area (Å²) in [5, 5.41) is 12.9. The molecule has 4 heteroatoms. The Bertz CT molecular complexity index is 258. The molecule has 2 atom stereocenters. The summed E-state index contributed by atoms with van der Waals surface area (Å²) in [5.74, 6) is 0. The van der Waals surface area contributed by atoms with Crippen LogP contribution >= 0.6 is 0 Å². The van der Waals surface area contributed by atoms with Crippen LogP contribution < -0.4 is 5.32 Å². The van der Waals surface area contributed by atoms with E-state index in [9.17, 15) is 5.11 Å². The topological polar surface area (TPSA) is 38.7 Å². The van der Waals surface area contributed by atoms with Gasteiger partial charge in [0.2, 0.25) is 0 Å². The molecule has 1 heterocycles. The second kappa shape index (κ2) is 5.87. The lowest BCUT2D eigenvalue weighted by Crippen LogP contribution is -2.48. The first kappa shape index (κ1) is 14.3. The molecule has 106 valence electrons. The standard InChI is InChI=1S/C14H29N3O/c1-15-14(11-18)7-4-13(10-14)17-8-5-12(6-9-17)16(2)3/h12-13,15,18H,4-11H2,1-3H3. The zero-order valence-electron chi connectivity index (χ0n) is 12.2. The van der Waals surface area contributed by atoms with Crippen LogP contribution in [0.2, 0.25) is 0 Å². The monoisotopic (exact) mass is 255 g/mol. The van der Waals surface area contributed by atoms with Gasteiger partial charge in [0.25, 0.3) is 0 Å². The maximum atomic E-state index is 9.56. The molecule has 0 spiro atoms. The predicted molar refractivity (Wildman–Crippen MR) is 74.8 cm³/mol. The Morgan fingerprint density at radius 3 is 2.39 bits per heavy atom. The van der Waals surface area contributed by atoms with Gasteiger partial charge in [-0.15, -0.1) is 0 Å². The lowest BCUT2D eigenvalue weighted by Gasteiger charge is -2.39. The van der Waals surface area contributed by atoms with Crippen molar-refractivity contribution in [2.75, 3.05) is 40.8 Å². The number of piperidine rings is 1. The summed E-state index contributed by atoms with van der Waals surface area (Å²) in [5.41, 5.74) is -0.0108. The molecule has 0 bridgehead atoms. The molecule has 2 fully saturated rings. The van der Waals surface area contributed by atoms with Gasteiger partial charge in [-0.3, -0.25) is 0 Å². The molecule has 0 aromatic rings. The second-order valence-electron chi connectivity index (χ2n) is 6.32. The number of likely N-dealkylation sites (tertiary alicyclic amines) is 1. The maximum Gasteiger partial charge on any atom is 0.0613 e. The third-order valence-electron chi connectivity index (χ3n) is 5.16. The van der Waals surface area contributed by atoms with E-state index in [2.05, 4.69) is 29.2 Å². The van der Waals surface area contributed by atoms with Crippen molar-refractivity contribution in [3.05, 3.63) is 0 Å². The lowest BCUT2D eigenvalue weighted by atomic mass is 9.97. The van der Waals surface area contributed by atoms with Crippen LogP contribution in [0.4, 0.5) is 0 Å². The zero-order valence-corrected chi connectivity index (χ0v) is 12.2. The van der Waals surface area contributed by atoms with Gasteiger partial charge in [-0.2, -0.15) is 0 Å². The molecule has 2 rings (SSSR count). The fourth-order valence-electron chi connectivity index (χ4n) is 3.63. The Labute approximate surface area is 111 Å². The van der Waals surface area contributed by atoms with Crippen molar-refractivity contribution in [3.63, 3.8) is 0 Å². The lowest BCUT2D eigenvalue weighted by molar-refractivity contribution is 0.0996. The van der Waals surface area contributed by atoms with Crippen LogP contribution in [0.15, 0.2) is 0 Å². The van der Waals surface area contributed by atoms with Gasteiger partial charge in [-0.25, -0.2) is 0 Å². The van der Waals surface area contributed by atoms with Gasteiger partial charge in [0.15, 0.2) is 0 Å². The molecule has 2 aliphatic rings. The van der Waals surface area contributed by atoms with E-state index in [-0.39, 0.29) is 12.1 Å². The van der Waals surface area contributed by atoms with Crippen LogP contribution in [0.1, 0.15) is 32.1 Å². The fourth-order valence-corrected chi connectivity index (χ4v) is 3.63. The summed E-state index contributed by atoms with van der Waals surface area (Å²) in [7, 11) is 6.36. The summed E-state index contributed by atoms with van der Waals surface area (Å²) >= 11 is 0. The quantitative estimate of drug-likeness (QED) is 0.768. The van der Waals surface area contributed by atoms with E-state index in [1.54, 1.807) is 0 Å². The molecule has 0 radical (unpaired) electrons. The number of nitrogens with one attached hydrogen (secondary N) is 1. The average molecular weight is 255 g/mol. The van der Waals surface area contributed by atoms with Gasteiger partial charge in [-0.05, 0) is 66.3 Å². The van der Waals surface area contributed by atoms with Gasteiger partial charge in [0.05, 0.1) is 6.61 Å². The summed E-state index contributed by atoms with van der Waals surface area (Å²) in [6, 6.07) is 1.43. The number of aliphatic hydroxyl groups excluding tert-OH is 1. The van der Waals surface area contributed by atoms with Gasteiger partial charge >= 0.3 is 0 Å². The Morgan fingerprint density at radius 1 is 1.28 bits per heavy atom. The molecular weight excluding hydrogens is 226 g/mol. The fraction of sp³-hybridized carbons (Fsp3) is 1.00. The number of likely N-dealkylation sites (N-methyl/N-ethyl adjacent to an activating group) is 1. The van der Waals surface area contributed by atoms with Crippen LogP contribution in [0.3, 0.4) is 0 Å². The van der Waals surface area contributed by atoms with Crippen molar-refractivity contribution >= 4 is 0 Å². The number of rotatable bonds is 4. The third-order valence-corrected chi connectivity index (χ3v) is 5.16. The first-order chi connectivity index (χ1) is 8.60. The highest BCUT2D eigenvalue weighted by atomic mass is 16.3. The van der Waals surface area contributed by atoms with Crippen molar-refractivity contribution in [3.8, 4) is 0 Å². The van der Waals surface area contributed by atoms with Crippen LogP contribution in [0.25, 0.3) is 0 Å². The van der Waals surface area contributed by atoms with E-state index < -0.39 is 0 Å². The molecule has 0 aromatic carbocycles. The predicted octanol–water partition coefficient (Wildman–Crippen LogP) is 0.515. The zero-order chi connectivity index (χ0) is 13.2. The molecule has 18 heavy (non-hydrogen) atoms. The average Bonchev–Trinajstić information content (AvgIpc) is 2.84. The van der Waals surface area contributed by atoms with E-state index in [4.69, 9.17) is 0 Å². The summed E-state index contributed by atoms with van der Waals surface area (Å²) in [6.07, 6.45) is 6.02. The molecule has 0 aromatic heterocycles. The van der Waals surface area contributed by atoms with Gasteiger partial charge < -0.3 is 20.2 Å². The number of hydrogen-bond donors (Lipinski definition) is 2.